The van der Waals surface area contributed by atoms with Crippen molar-refractivity contribution in [1.82, 2.24) is 0 Å². The molecule has 0 radical (unpaired) electrons. The molecule has 1 aromatic rings. The van der Waals surface area contributed by atoms with Gasteiger partial charge in [0, 0.05) is 13.2 Å². The molecule has 1 aromatic carbocycles. The Morgan fingerprint density at radius 3 is 2.56 bits per heavy atom. The molecule has 0 aliphatic carbocycles. The van der Waals surface area contributed by atoms with Crippen molar-refractivity contribution in [3.05, 3.63) is 28.2 Å². The molecule has 3 nitrogen and oxygen atoms in total. The summed E-state index contributed by atoms with van der Waals surface area (Å²) >= 11 is 3.47. The number of ether oxygens (including phenoxy) is 2. The van der Waals surface area contributed by atoms with Crippen molar-refractivity contribution in [1.29, 1.82) is 0 Å². The molecule has 0 bridgehead atoms. The Labute approximate surface area is 105 Å². The van der Waals surface area contributed by atoms with Gasteiger partial charge in [0.1, 0.15) is 11.9 Å². The second-order valence-corrected chi connectivity index (χ2v) is 4.72. The maximum atomic E-state index is 5.80. The quantitative estimate of drug-likeness (QED) is 0.906. The minimum absolute atomic E-state index is 0.0294. The minimum atomic E-state index is 0.0294. The average Bonchev–Trinajstić information content (AvgIpc) is 2.21. The molecule has 90 valence electrons. The molecule has 0 amide bonds. The molecule has 4 heteroatoms. The Bertz CT molecular complexity index is 342. The fraction of sp³-hybridized carbons (Fsp3) is 0.500. The van der Waals surface area contributed by atoms with E-state index >= 15 is 0 Å². The first-order chi connectivity index (χ1) is 7.54. The van der Waals surface area contributed by atoms with Crippen molar-refractivity contribution >= 4 is 15.9 Å². The first kappa shape index (κ1) is 13.5. The van der Waals surface area contributed by atoms with Crippen LogP contribution in [0.25, 0.3) is 0 Å². The van der Waals surface area contributed by atoms with Gasteiger partial charge in [-0.3, -0.25) is 0 Å². The molecule has 0 spiro atoms. The van der Waals surface area contributed by atoms with Crippen molar-refractivity contribution in [3.8, 4) is 5.75 Å². The maximum Gasteiger partial charge on any atom is 0.134 e. The fourth-order valence-corrected chi connectivity index (χ4v) is 1.87. The highest BCUT2D eigenvalue weighted by Crippen LogP contribution is 2.28. The van der Waals surface area contributed by atoms with E-state index in [1.807, 2.05) is 32.0 Å². The normalized spacial score (nSPS) is 14.6. The molecular weight excluding hydrogens is 270 g/mol. The van der Waals surface area contributed by atoms with Gasteiger partial charge in [0.2, 0.25) is 0 Å². The summed E-state index contributed by atoms with van der Waals surface area (Å²) in [5.74, 6) is 0.814. The third-order valence-electron chi connectivity index (χ3n) is 2.21. The van der Waals surface area contributed by atoms with Crippen molar-refractivity contribution < 1.29 is 9.47 Å². The Kier molecular flexibility index (Phi) is 5.25. The van der Waals surface area contributed by atoms with Gasteiger partial charge in [-0.05, 0) is 47.5 Å². The summed E-state index contributed by atoms with van der Waals surface area (Å²) in [5.41, 5.74) is 6.88. The Hall–Kier alpha value is -0.580. The van der Waals surface area contributed by atoms with Gasteiger partial charge in [0.25, 0.3) is 0 Å². The Morgan fingerprint density at radius 1 is 1.38 bits per heavy atom. The molecule has 0 aliphatic rings. The van der Waals surface area contributed by atoms with E-state index < -0.39 is 0 Å². The van der Waals surface area contributed by atoms with E-state index in [1.165, 1.54) is 0 Å². The Balaban J connectivity index is 2.75. The lowest BCUT2D eigenvalue weighted by atomic mass is 10.1. The van der Waals surface area contributed by atoms with Gasteiger partial charge in [-0.15, -0.1) is 0 Å². The van der Waals surface area contributed by atoms with E-state index in [-0.39, 0.29) is 12.1 Å². The van der Waals surface area contributed by atoms with Gasteiger partial charge in [0.15, 0.2) is 0 Å². The summed E-state index contributed by atoms with van der Waals surface area (Å²) in [6, 6.07) is 5.92. The summed E-state index contributed by atoms with van der Waals surface area (Å²) in [6.07, 6.45) is 0.0300. The fourth-order valence-electron chi connectivity index (χ4n) is 1.38. The van der Waals surface area contributed by atoms with Crippen LogP contribution in [0.4, 0.5) is 0 Å². The standard InChI is InChI=1S/C12H18BrNO2/c1-8(7-15-3)16-12-5-4-10(9(2)14)6-11(12)13/h4-6,8-9H,7,14H2,1-3H3/t8?,9-/m1/s1. The van der Waals surface area contributed by atoms with Crippen molar-refractivity contribution in [2.75, 3.05) is 13.7 Å². The lowest BCUT2D eigenvalue weighted by Crippen LogP contribution is -2.18. The summed E-state index contributed by atoms with van der Waals surface area (Å²) < 4.78 is 11.6. The highest BCUT2D eigenvalue weighted by Gasteiger charge is 2.08. The van der Waals surface area contributed by atoms with Crippen LogP contribution >= 0.6 is 15.9 Å². The predicted octanol–water partition coefficient (Wildman–Crippen LogP) is 2.88. The van der Waals surface area contributed by atoms with Crippen LogP contribution in [0.1, 0.15) is 25.5 Å². The molecule has 0 heterocycles. The van der Waals surface area contributed by atoms with Gasteiger partial charge >= 0.3 is 0 Å². The summed E-state index contributed by atoms with van der Waals surface area (Å²) in [4.78, 5) is 0. The van der Waals surface area contributed by atoms with Crippen molar-refractivity contribution in [2.45, 2.75) is 26.0 Å². The molecule has 2 atom stereocenters. The van der Waals surface area contributed by atoms with E-state index in [0.29, 0.717) is 6.61 Å². The highest BCUT2D eigenvalue weighted by atomic mass is 79.9. The van der Waals surface area contributed by atoms with E-state index in [4.69, 9.17) is 15.2 Å². The van der Waals surface area contributed by atoms with Crippen molar-refractivity contribution in [2.24, 2.45) is 5.73 Å². The lowest BCUT2D eigenvalue weighted by molar-refractivity contribution is 0.0915. The van der Waals surface area contributed by atoms with Crippen LogP contribution in [0.2, 0.25) is 0 Å². The van der Waals surface area contributed by atoms with Crippen LogP contribution in [-0.4, -0.2) is 19.8 Å². The smallest absolute Gasteiger partial charge is 0.134 e. The van der Waals surface area contributed by atoms with Gasteiger partial charge < -0.3 is 15.2 Å². The highest BCUT2D eigenvalue weighted by molar-refractivity contribution is 9.10. The van der Waals surface area contributed by atoms with Crippen LogP contribution in [0.15, 0.2) is 22.7 Å². The molecule has 1 rings (SSSR count). The first-order valence-electron chi connectivity index (χ1n) is 5.25. The SMILES string of the molecule is COCC(C)Oc1ccc([C@@H](C)N)cc1Br. The van der Waals surface area contributed by atoms with Gasteiger partial charge in [-0.25, -0.2) is 0 Å². The second-order valence-electron chi connectivity index (χ2n) is 3.86. The van der Waals surface area contributed by atoms with Gasteiger partial charge in [-0.2, -0.15) is 0 Å². The van der Waals surface area contributed by atoms with E-state index in [1.54, 1.807) is 7.11 Å². The number of methoxy groups -OCH3 is 1. The zero-order valence-corrected chi connectivity index (χ0v) is 11.5. The number of hydrogen-bond donors (Lipinski definition) is 1. The molecule has 0 fully saturated rings. The third kappa shape index (κ3) is 3.77. The second kappa shape index (κ2) is 6.23. The first-order valence-corrected chi connectivity index (χ1v) is 6.04. The van der Waals surface area contributed by atoms with Crippen LogP contribution in [0.3, 0.4) is 0 Å². The predicted molar refractivity (Wildman–Crippen MR) is 68.7 cm³/mol. The van der Waals surface area contributed by atoms with E-state index in [2.05, 4.69) is 15.9 Å². The average molecular weight is 288 g/mol. The van der Waals surface area contributed by atoms with Gasteiger partial charge in [0.05, 0.1) is 11.1 Å². The van der Waals surface area contributed by atoms with Crippen LogP contribution in [0, 0.1) is 0 Å². The molecule has 2 N–H and O–H groups in total. The summed E-state index contributed by atoms with van der Waals surface area (Å²) in [7, 11) is 1.66. The van der Waals surface area contributed by atoms with E-state index in [9.17, 15) is 0 Å². The van der Waals surface area contributed by atoms with E-state index in [0.717, 1.165) is 15.8 Å². The largest absolute Gasteiger partial charge is 0.487 e. The third-order valence-corrected chi connectivity index (χ3v) is 2.83. The minimum Gasteiger partial charge on any atom is -0.487 e. The molecule has 16 heavy (non-hydrogen) atoms. The number of hydrogen-bond acceptors (Lipinski definition) is 3. The van der Waals surface area contributed by atoms with Crippen LogP contribution in [-0.2, 0) is 4.74 Å². The molecule has 0 aliphatic heterocycles. The van der Waals surface area contributed by atoms with Crippen LogP contribution in [0.5, 0.6) is 5.75 Å². The number of rotatable bonds is 5. The van der Waals surface area contributed by atoms with Crippen LogP contribution < -0.4 is 10.5 Å². The Morgan fingerprint density at radius 2 is 2.06 bits per heavy atom. The maximum absolute atomic E-state index is 5.80. The molecule has 0 saturated carbocycles. The number of nitrogens with two attached hydrogens (primary N) is 1. The number of halogens is 1. The van der Waals surface area contributed by atoms with Gasteiger partial charge in [-0.1, -0.05) is 6.07 Å². The molecule has 0 aromatic heterocycles. The zero-order chi connectivity index (χ0) is 12.1. The summed E-state index contributed by atoms with van der Waals surface area (Å²) in [5, 5.41) is 0. The van der Waals surface area contributed by atoms with Crippen molar-refractivity contribution in [3.63, 3.8) is 0 Å². The molecule has 1 unspecified atom stereocenters. The zero-order valence-electron chi connectivity index (χ0n) is 9.87. The lowest BCUT2D eigenvalue weighted by Gasteiger charge is -2.16. The molecule has 0 saturated heterocycles. The molecular formula is C12H18BrNO2. The number of benzene rings is 1. The topological polar surface area (TPSA) is 44.5 Å². The summed E-state index contributed by atoms with van der Waals surface area (Å²) in [6.45, 7) is 4.49. The monoisotopic (exact) mass is 287 g/mol.